The molecule has 0 saturated heterocycles. The number of unbranched alkanes of at least 4 members (excludes halogenated alkanes) is 36. The summed E-state index contributed by atoms with van der Waals surface area (Å²) in [4.78, 5) is 38.1. The van der Waals surface area contributed by atoms with Crippen LogP contribution in [0.4, 0.5) is 0 Å². The molecule has 0 heterocycles. The van der Waals surface area contributed by atoms with Crippen LogP contribution in [0.25, 0.3) is 0 Å². The minimum absolute atomic E-state index is 0.0347. The predicted molar refractivity (Wildman–Crippen MR) is 397 cm³/mol. The molecule has 0 aromatic rings. The number of likely N-dealkylation sites (N-methyl/N-ethyl adjacent to an activating group) is 1. The van der Waals surface area contributed by atoms with Gasteiger partial charge in [-0.25, -0.2) is 0 Å². The summed E-state index contributed by atoms with van der Waals surface area (Å²) in [6, 6.07) is 0. The molecule has 0 amide bonds. The Labute approximate surface area is 568 Å². The van der Waals surface area contributed by atoms with Crippen LogP contribution >= 0.6 is 7.82 Å². The summed E-state index contributed by atoms with van der Waals surface area (Å²) < 4.78 is 34.4. The topological polar surface area (TPSA) is 111 Å². The van der Waals surface area contributed by atoms with E-state index in [4.69, 9.17) is 18.5 Å². The molecule has 0 aliphatic rings. The molecule has 0 saturated carbocycles. The zero-order valence-corrected chi connectivity index (χ0v) is 61.4. The number of allylic oxidation sites excluding steroid dienone is 20. The maximum Gasteiger partial charge on any atom is 0.306 e. The average Bonchev–Trinajstić information content (AvgIpc) is 2.14. The molecule has 0 aromatic heterocycles. The van der Waals surface area contributed by atoms with Gasteiger partial charge in [0.1, 0.15) is 19.8 Å². The molecule has 2 atom stereocenters. The Morgan fingerprint density at radius 3 is 0.870 bits per heavy atom. The molecule has 9 nitrogen and oxygen atoms in total. The van der Waals surface area contributed by atoms with Gasteiger partial charge in [0.15, 0.2) is 6.10 Å². The standard InChI is InChI=1S/C82H144NO8P/c1-6-8-10-12-14-16-18-20-22-24-26-28-30-32-34-36-37-38-39-40-41-42-43-44-45-47-48-50-52-54-56-58-60-62-64-66-68-70-72-74-81(84)88-78-80(79-90-92(86,87)89-77-76-83(3,4)5)91-82(85)75-73-71-69-67-65-63-61-59-57-55-53-51-49-46-35-33-31-29-27-25-23-21-19-17-15-13-11-9-7-2/h8-11,14-17,20-23,26-29,33,35,49,51,80H,6-7,12-13,18-19,24-25,30-32,34,36-48,50,52-79H2,1-5H3/b10-8-,11-9-,16-14-,17-15-,22-20-,23-21-,28-26-,29-27-,35-33-,51-49-. The van der Waals surface area contributed by atoms with Crippen LogP contribution in [0.1, 0.15) is 335 Å². The van der Waals surface area contributed by atoms with Crippen molar-refractivity contribution in [3.63, 3.8) is 0 Å². The highest BCUT2D eigenvalue weighted by Gasteiger charge is 2.22. The van der Waals surface area contributed by atoms with Gasteiger partial charge in [-0.15, -0.1) is 0 Å². The van der Waals surface area contributed by atoms with Crippen molar-refractivity contribution < 1.29 is 42.1 Å². The zero-order valence-electron chi connectivity index (χ0n) is 60.5. The quantitative estimate of drug-likeness (QED) is 0.0195. The van der Waals surface area contributed by atoms with Gasteiger partial charge in [0.2, 0.25) is 0 Å². The van der Waals surface area contributed by atoms with Gasteiger partial charge in [-0.1, -0.05) is 341 Å². The van der Waals surface area contributed by atoms with E-state index in [2.05, 4.69) is 135 Å². The van der Waals surface area contributed by atoms with E-state index >= 15 is 0 Å². The molecule has 0 aliphatic heterocycles. The molecule has 0 radical (unpaired) electrons. The smallest absolute Gasteiger partial charge is 0.306 e. The summed E-state index contributed by atoms with van der Waals surface area (Å²) in [5, 5.41) is 0. The highest BCUT2D eigenvalue weighted by molar-refractivity contribution is 7.45. The SMILES string of the molecule is CC/C=C\C/C=C\C/C=C\C/C=C\C/C=C\C/C=C\CCCCCCCCCCCCC(=O)OC(COC(=O)CCCCCCCCCCCCCCCCCCCCCCCCCCCC/C=C\C/C=C\C/C=C\C/C=C\CC)COP(=O)([O-])OCC[N+](C)(C)C. The molecule has 92 heavy (non-hydrogen) atoms. The average molecular weight is 1300 g/mol. The lowest BCUT2D eigenvalue weighted by Crippen LogP contribution is -2.37. The van der Waals surface area contributed by atoms with Crippen LogP contribution in [0, 0.1) is 0 Å². The molecule has 0 rings (SSSR count). The molecule has 0 aliphatic carbocycles. The first-order chi connectivity index (χ1) is 45.0. The van der Waals surface area contributed by atoms with Gasteiger partial charge in [0, 0.05) is 12.8 Å². The van der Waals surface area contributed by atoms with E-state index in [1.807, 2.05) is 21.1 Å². The van der Waals surface area contributed by atoms with Crippen molar-refractivity contribution in [3.05, 3.63) is 122 Å². The fourth-order valence-corrected chi connectivity index (χ4v) is 11.4. The molecule has 0 fully saturated rings. The lowest BCUT2D eigenvalue weighted by atomic mass is 10.0. The van der Waals surface area contributed by atoms with Gasteiger partial charge in [-0.3, -0.25) is 14.2 Å². The third kappa shape index (κ3) is 75.4. The second-order valence-electron chi connectivity index (χ2n) is 26.6. The number of hydrogen-bond donors (Lipinski definition) is 0. The number of carbonyl (C=O) groups excluding carboxylic acids is 2. The number of hydrogen-bond acceptors (Lipinski definition) is 8. The van der Waals surface area contributed by atoms with E-state index in [1.165, 1.54) is 193 Å². The van der Waals surface area contributed by atoms with Gasteiger partial charge in [0.25, 0.3) is 7.82 Å². The number of quaternary nitrogens is 1. The number of phosphoric acid groups is 1. The second-order valence-corrected chi connectivity index (χ2v) is 28.0. The van der Waals surface area contributed by atoms with Crippen molar-refractivity contribution in [2.45, 2.75) is 341 Å². The first-order valence-electron chi connectivity index (χ1n) is 38.2. The van der Waals surface area contributed by atoms with Gasteiger partial charge in [0.05, 0.1) is 27.7 Å². The third-order valence-corrected chi connectivity index (χ3v) is 17.4. The Bertz CT molecular complexity index is 1970. The van der Waals surface area contributed by atoms with Crippen molar-refractivity contribution >= 4 is 19.8 Å². The van der Waals surface area contributed by atoms with E-state index in [9.17, 15) is 19.0 Å². The monoisotopic (exact) mass is 1300 g/mol. The maximum atomic E-state index is 12.9. The minimum Gasteiger partial charge on any atom is -0.756 e. The van der Waals surface area contributed by atoms with Crippen molar-refractivity contribution in [1.29, 1.82) is 0 Å². The maximum absolute atomic E-state index is 12.9. The van der Waals surface area contributed by atoms with Gasteiger partial charge < -0.3 is 27.9 Å². The highest BCUT2D eigenvalue weighted by Crippen LogP contribution is 2.38. The largest absolute Gasteiger partial charge is 0.756 e. The Morgan fingerprint density at radius 2 is 0.587 bits per heavy atom. The molecule has 0 N–H and O–H groups in total. The van der Waals surface area contributed by atoms with Gasteiger partial charge >= 0.3 is 11.9 Å². The Balaban J connectivity index is 3.96. The molecule has 10 heteroatoms. The molecular formula is C82H144NO8P. The van der Waals surface area contributed by atoms with Crippen LogP contribution in [0.2, 0.25) is 0 Å². The number of esters is 2. The molecule has 0 bridgehead atoms. The lowest BCUT2D eigenvalue weighted by molar-refractivity contribution is -0.870. The fourth-order valence-electron chi connectivity index (χ4n) is 10.7. The van der Waals surface area contributed by atoms with Crippen molar-refractivity contribution in [2.24, 2.45) is 0 Å². The molecule has 530 valence electrons. The summed E-state index contributed by atoms with van der Waals surface area (Å²) in [5.74, 6) is -0.830. The number of carbonyl (C=O) groups is 2. The summed E-state index contributed by atoms with van der Waals surface area (Å²) in [7, 11) is 1.16. The van der Waals surface area contributed by atoms with Crippen molar-refractivity contribution in [1.82, 2.24) is 0 Å². The van der Waals surface area contributed by atoms with E-state index in [0.717, 1.165) is 109 Å². The van der Waals surface area contributed by atoms with E-state index in [0.29, 0.717) is 17.4 Å². The predicted octanol–water partition coefficient (Wildman–Crippen LogP) is 24.8. The van der Waals surface area contributed by atoms with Crippen LogP contribution < -0.4 is 4.89 Å². The second kappa shape index (κ2) is 71.7. The fraction of sp³-hybridized carbons (Fsp3) is 0.732. The van der Waals surface area contributed by atoms with E-state index in [-0.39, 0.29) is 32.0 Å². The van der Waals surface area contributed by atoms with Crippen LogP contribution in [-0.2, 0) is 32.7 Å². The van der Waals surface area contributed by atoms with E-state index in [1.54, 1.807) is 0 Å². The zero-order chi connectivity index (χ0) is 66.9. The Kier molecular flexibility index (Phi) is 68.9. The van der Waals surface area contributed by atoms with Crippen molar-refractivity contribution in [2.75, 3.05) is 47.5 Å². The van der Waals surface area contributed by atoms with Crippen molar-refractivity contribution in [3.8, 4) is 0 Å². The third-order valence-electron chi connectivity index (χ3n) is 16.5. The van der Waals surface area contributed by atoms with Crippen LogP contribution in [-0.4, -0.2) is 70.0 Å². The Morgan fingerprint density at radius 1 is 0.337 bits per heavy atom. The first-order valence-corrected chi connectivity index (χ1v) is 39.7. The summed E-state index contributed by atoms with van der Waals surface area (Å²) in [5.41, 5.74) is 0. The van der Waals surface area contributed by atoms with Gasteiger partial charge in [-0.05, 0) is 103 Å². The highest BCUT2D eigenvalue weighted by atomic mass is 31.2. The van der Waals surface area contributed by atoms with Crippen LogP contribution in [0.3, 0.4) is 0 Å². The lowest BCUT2D eigenvalue weighted by Gasteiger charge is -2.28. The van der Waals surface area contributed by atoms with Crippen LogP contribution in [0.15, 0.2) is 122 Å². The summed E-state index contributed by atoms with van der Waals surface area (Å²) in [6.45, 7) is 4.04. The van der Waals surface area contributed by atoms with Crippen LogP contribution in [0.5, 0.6) is 0 Å². The molecule has 0 aromatic carbocycles. The normalized spacial score (nSPS) is 13.8. The molecule has 0 spiro atoms. The number of ether oxygens (including phenoxy) is 2. The van der Waals surface area contributed by atoms with Gasteiger partial charge in [-0.2, -0.15) is 0 Å². The molecular weight excluding hydrogens is 1160 g/mol. The Hall–Kier alpha value is -3.59. The minimum atomic E-state index is -4.65. The molecule has 2 unspecified atom stereocenters. The summed E-state index contributed by atoms with van der Waals surface area (Å²) >= 11 is 0. The number of phosphoric ester groups is 1. The first kappa shape index (κ1) is 88.4. The number of nitrogens with zero attached hydrogens (tertiary/aromatic N) is 1. The van der Waals surface area contributed by atoms with E-state index < -0.39 is 26.5 Å². The number of rotatable bonds is 70. The summed E-state index contributed by atoms with van der Waals surface area (Å²) in [6.07, 6.45) is 103.